The highest BCUT2D eigenvalue weighted by atomic mass is 16.2. The summed E-state index contributed by atoms with van der Waals surface area (Å²) in [7, 11) is 0. The third-order valence-corrected chi connectivity index (χ3v) is 3.39. The van der Waals surface area contributed by atoms with Crippen molar-refractivity contribution in [3.63, 3.8) is 0 Å². The molecular formula is C14H17N5O. The van der Waals surface area contributed by atoms with Gasteiger partial charge < -0.3 is 9.88 Å². The Morgan fingerprint density at radius 1 is 1.35 bits per heavy atom. The van der Waals surface area contributed by atoms with Crippen LogP contribution in [0.5, 0.6) is 0 Å². The Labute approximate surface area is 117 Å². The largest absolute Gasteiger partial charge is 0.333 e. The molecule has 0 saturated heterocycles. The van der Waals surface area contributed by atoms with Crippen LogP contribution in [0.15, 0.2) is 30.7 Å². The molecule has 0 saturated carbocycles. The van der Waals surface area contributed by atoms with Gasteiger partial charge in [0.1, 0.15) is 5.82 Å². The monoisotopic (exact) mass is 271 g/mol. The van der Waals surface area contributed by atoms with Gasteiger partial charge in [0.15, 0.2) is 0 Å². The van der Waals surface area contributed by atoms with Gasteiger partial charge in [-0.05, 0) is 19.1 Å². The van der Waals surface area contributed by atoms with Crippen LogP contribution in [0.4, 0.5) is 5.69 Å². The fraction of sp³-hybridized carbons (Fsp3) is 0.357. The Hall–Kier alpha value is -2.21. The molecule has 3 heterocycles. The molecule has 0 aliphatic carbocycles. The summed E-state index contributed by atoms with van der Waals surface area (Å²) in [6.45, 7) is 4.76. The first-order chi connectivity index (χ1) is 9.70. The number of carbonyl (C=O) groups is 1. The normalized spacial score (nSPS) is 14.8. The van der Waals surface area contributed by atoms with Crippen molar-refractivity contribution in [2.24, 2.45) is 0 Å². The number of pyridine rings is 1. The molecule has 2 aromatic heterocycles. The fourth-order valence-corrected chi connectivity index (χ4v) is 2.30. The molecule has 6 nitrogen and oxygen atoms in total. The molecule has 1 amide bonds. The standard InChI is InChI=1S/C14H17N5O/c1-11-2-3-12(8-16-11)17-14(20)10-18-6-7-19-5-4-15-13(19)9-18/h2-5,8H,6-7,9-10H2,1H3,(H,17,20). The Balaban J connectivity index is 1.56. The number of hydrogen-bond donors (Lipinski definition) is 1. The van der Waals surface area contributed by atoms with E-state index in [1.807, 2.05) is 25.3 Å². The zero-order valence-electron chi connectivity index (χ0n) is 11.4. The minimum Gasteiger partial charge on any atom is -0.333 e. The molecule has 104 valence electrons. The summed E-state index contributed by atoms with van der Waals surface area (Å²) in [5.74, 6) is 0.997. The zero-order valence-corrected chi connectivity index (χ0v) is 11.4. The van der Waals surface area contributed by atoms with Crippen LogP contribution in [-0.2, 0) is 17.9 Å². The van der Waals surface area contributed by atoms with Gasteiger partial charge >= 0.3 is 0 Å². The van der Waals surface area contributed by atoms with Crippen LogP contribution in [0.1, 0.15) is 11.5 Å². The minimum atomic E-state index is -0.0179. The van der Waals surface area contributed by atoms with Crippen LogP contribution >= 0.6 is 0 Å². The number of amides is 1. The molecule has 0 radical (unpaired) electrons. The highest BCUT2D eigenvalue weighted by Gasteiger charge is 2.18. The molecule has 1 N–H and O–H groups in total. The second kappa shape index (κ2) is 5.42. The van der Waals surface area contributed by atoms with Crippen molar-refractivity contribution in [3.8, 4) is 0 Å². The fourth-order valence-electron chi connectivity index (χ4n) is 2.30. The van der Waals surface area contributed by atoms with Crippen molar-refractivity contribution in [3.05, 3.63) is 42.2 Å². The Bertz CT molecular complexity index is 604. The summed E-state index contributed by atoms with van der Waals surface area (Å²) in [5, 5.41) is 2.86. The van der Waals surface area contributed by atoms with E-state index in [-0.39, 0.29) is 5.91 Å². The molecule has 0 unspecified atom stereocenters. The van der Waals surface area contributed by atoms with Gasteiger partial charge in [-0.3, -0.25) is 14.7 Å². The summed E-state index contributed by atoms with van der Waals surface area (Å²) in [4.78, 5) is 22.6. The van der Waals surface area contributed by atoms with E-state index in [1.165, 1.54) is 0 Å². The molecule has 0 bridgehead atoms. The van der Waals surface area contributed by atoms with E-state index < -0.39 is 0 Å². The molecule has 6 heteroatoms. The number of anilines is 1. The summed E-state index contributed by atoms with van der Waals surface area (Å²) in [5.41, 5.74) is 1.67. The Morgan fingerprint density at radius 3 is 3.05 bits per heavy atom. The third kappa shape index (κ3) is 2.85. The number of carbonyl (C=O) groups excluding carboxylic acids is 1. The number of nitrogens with one attached hydrogen (secondary N) is 1. The second-order valence-electron chi connectivity index (χ2n) is 4.98. The lowest BCUT2D eigenvalue weighted by Crippen LogP contribution is -2.39. The number of nitrogens with zero attached hydrogens (tertiary/aromatic N) is 4. The predicted octanol–water partition coefficient (Wildman–Crippen LogP) is 1.04. The zero-order chi connectivity index (χ0) is 13.9. The van der Waals surface area contributed by atoms with Crippen molar-refractivity contribution in [1.29, 1.82) is 0 Å². The molecule has 20 heavy (non-hydrogen) atoms. The van der Waals surface area contributed by atoms with Gasteiger partial charge in [-0.25, -0.2) is 4.98 Å². The number of fused-ring (bicyclic) bond motifs is 1. The topological polar surface area (TPSA) is 63.1 Å². The second-order valence-corrected chi connectivity index (χ2v) is 4.98. The lowest BCUT2D eigenvalue weighted by atomic mass is 10.3. The van der Waals surface area contributed by atoms with Crippen molar-refractivity contribution < 1.29 is 4.79 Å². The highest BCUT2D eigenvalue weighted by Crippen LogP contribution is 2.10. The number of hydrogen-bond acceptors (Lipinski definition) is 4. The molecule has 3 rings (SSSR count). The van der Waals surface area contributed by atoms with Crippen molar-refractivity contribution >= 4 is 11.6 Å². The van der Waals surface area contributed by atoms with Crippen molar-refractivity contribution in [2.75, 3.05) is 18.4 Å². The van der Waals surface area contributed by atoms with E-state index in [0.717, 1.165) is 30.3 Å². The van der Waals surface area contributed by atoms with Gasteiger partial charge in [-0.15, -0.1) is 0 Å². The van der Waals surface area contributed by atoms with Gasteiger partial charge in [0.25, 0.3) is 0 Å². The maximum Gasteiger partial charge on any atom is 0.238 e. The maximum absolute atomic E-state index is 12.0. The van der Waals surface area contributed by atoms with E-state index in [9.17, 15) is 4.79 Å². The van der Waals surface area contributed by atoms with E-state index in [0.29, 0.717) is 13.1 Å². The van der Waals surface area contributed by atoms with Gasteiger partial charge in [0, 0.05) is 31.2 Å². The van der Waals surface area contributed by atoms with Crippen LogP contribution < -0.4 is 5.32 Å². The van der Waals surface area contributed by atoms with Gasteiger partial charge in [-0.1, -0.05) is 0 Å². The summed E-state index contributed by atoms with van der Waals surface area (Å²) >= 11 is 0. The molecule has 0 spiro atoms. The lowest BCUT2D eigenvalue weighted by Gasteiger charge is -2.26. The van der Waals surface area contributed by atoms with Gasteiger partial charge in [-0.2, -0.15) is 0 Å². The first kappa shape index (κ1) is 12.8. The van der Waals surface area contributed by atoms with E-state index >= 15 is 0 Å². The Kier molecular flexibility index (Phi) is 3.47. The summed E-state index contributed by atoms with van der Waals surface area (Å²) in [6, 6.07) is 3.75. The van der Waals surface area contributed by atoms with Gasteiger partial charge in [0.05, 0.1) is 25.0 Å². The molecule has 0 atom stereocenters. The SMILES string of the molecule is Cc1ccc(NC(=O)CN2CCn3ccnc3C2)cn1. The Morgan fingerprint density at radius 2 is 2.25 bits per heavy atom. The molecule has 1 aliphatic heterocycles. The maximum atomic E-state index is 12.0. The average molecular weight is 271 g/mol. The number of aromatic nitrogens is 3. The van der Waals surface area contributed by atoms with Crippen LogP contribution in [-0.4, -0.2) is 38.4 Å². The third-order valence-electron chi connectivity index (χ3n) is 3.39. The minimum absolute atomic E-state index is 0.0179. The predicted molar refractivity (Wildman–Crippen MR) is 75.1 cm³/mol. The van der Waals surface area contributed by atoms with E-state index in [1.54, 1.807) is 12.4 Å². The molecule has 1 aliphatic rings. The average Bonchev–Trinajstić information content (AvgIpc) is 2.89. The van der Waals surface area contributed by atoms with E-state index in [4.69, 9.17) is 0 Å². The summed E-state index contributed by atoms with van der Waals surface area (Å²) in [6.07, 6.45) is 5.46. The molecule has 0 fully saturated rings. The van der Waals surface area contributed by atoms with E-state index in [2.05, 4.69) is 24.8 Å². The number of imidazole rings is 1. The molecule has 2 aromatic rings. The number of rotatable bonds is 3. The van der Waals surface area contributed by atoms with Crippen LogP contribution in [0.3, 0.4) is 0 Å². The lowest BCUT2D eigenvalue weighted by molar-refractivity contribution is -0.117. The first-order valence-electron chi connectivity index (χ1n) is 6.65. The highest BCUT2D eigenvalue weighted by molar-refractivity contribution is 5.92. The number of aryl methyl sites for hydroxylation is 1. The molecule has 0 aromatic carbocycles. The van der Waals surface area contributed by atoms with Crippen LogP contribution in [0.25, 0.3) is 0 Å². The molecular weight excluding hydrogens is 254 g/mol. The van der Waals surface area contributed by atoms with Crippen LogP contribution in [0.2, 0.25) is 0 Å². The first-order valence-corrected chi connectivity index (χ1v) is 6.65. The van der Waals surface area contributed by atoms with Crippen LogP contribution in [0, 0.1) is 6.92 Å². The van der Waals surface area contributed by atoms with Crippen molar-refractivity contribution in [1.82, 2.24) is 19.4 Å². The quantitative estimate of drug-likeness (QED) is 0.906. The van der Waals surface area contributed by atoms with Gasteiger partial charge in [0.2, 0.25) is 5.91 Å². The van der Waals surface area contributed by atoms with Crippen molar-refractivity contribution in [2.45, 2.75) is 20.0 Å². The smallest absolute Gasteiger partial charge is 0.238 e. The summed E-state index contributed by atoms with van der Waals surface area (Å²) < 4.78 is 2.12.